The lowest BCUT2D eigenvalue weighted by Crippen LogP contribution is -2.05. The van der Waals surface area contributed by atoms with Crippen LogP contribution in [0.25, 0.3) is 0 Å². The second-order valence-corrected chi connectivity index (χ2v) is 2.39. The number of halogens is 5. The standard InChI is InChI=1S/C8H5F5O/c9-3-4-1-7(14-8(12)13)6(11)2-5(4)10/h1-2,8H,3H2. The minimum absolute atomic E-state index is 0.298. The van der Waals surface area contributed by atoms with Gasteiger partial charge >= 0.3 is 6.61 Å². The van der Waals surface area contributed by atoms with Gasteiger partial charge in [-0.2, -0.15) is 8.78 Å². The highest BCUT2D eigenvalue weighted by Gasteiger charge is 2.14. The van der Waals surface area contributed by atoms with E-state index < -0.39 is 36.2 Å². The Balaban J connectivity index is 3.04. The lowest BCUT2D eigenvalue weighted by Gasteiger charge is -2.07. The lowest BCUT2D eigenvalue weighted by atomic mass is 10.2. The molecule has 0 radical (unpaired) electrons. The quantitative estimate of drug-likeness (QED) is 0.699. The van der Waals surface area contributed by atoms with E-state index in [2.05, 4.69) is 4.74 Å². The largest absolute Gasteiger partial charge is 0.432 e. The van der Waals surface area contributed by atoms with Crippen LogP contribution in [-0.2, 0) is 6.67 Å². The van der Waals surface area contributed by atoms with E-state index in [0.717, 1.165) is 0 Å². The van der Waals surface area contributed by atoms with Crippen LogP contribution in [0.4, 0.5) is 22.0 Å². The molecule has 1 rings (SSSR count). The van der Waals surface area contributed by atoms with Crippen molar-refractivity contribution in [2.75, 3.05) is 0 Å². The molecule has 0 aliphatic rings. The highest BCUT2D eigenvalue weighted by Crippen LogP contribution is 2.23. The van der Waals surface area contributed by atoms with Gasteiger partial charge < -0.3 is 4.74 Å². The summed E-state index contributed by atoms with van der Waals surface area (Å²) in [6.45, 7) is -4.45. The average molecular weight is 212 g/mol. The number of rotatable bonds is 3. The third-order valence-electron chi connectivity index (χ3n) is 1.46. The van der Waals surface area contributed by atoms with E-state index >= 15 is 0 Å². The number of benzene rings is 1. The second kappa shape index (κ2) is 4.26. The van der Waals surface area contributed by atoms with Gasteiger partial charge in [0, 0.05) is 11.6 Å². The summed E-state index contributed by atoms with van der Waals surface area (Å²) in [4.78, 5) is 0. The fourth-order valence-corrected chi connectivity index (χ4v) is 0.860. The molecule has 0 aliphatic carbocycles. The monoisotopic (exact) mass is 212 g/mol. The summed E-state index contributed by atoms with van der Waals surface area (Å²) in [5.74, 6) is -3.29. The summed E-state index contributed by atoms with van der Waals surface area (Å²) in [6.07, 6.45) is 0. The fraction of sp³-hybridized carbons (Fsp3) is 0.250. The Morgan fingerprint density at radius 3 is 2.29 bits per heavy atom. The molecular formula is C8H5F5O. The molecule has 0 amide bonds. The van der Waals surface area contributed by atoms with Crippen LogP contribution in [0, 0.1) is 11.6 Å². The third kappa shape index (κ3) is 2.34. The van der Waals surface area contributed by atoms with E-state index in [4.69, 9.17) is 0 Å². The Morgan fingerprint density at radius 2 is 1.79 bits per heavy atom. The summed E-state index contributed by atoms with van der Waals surface area (Å²) in [7, 11) is 0. The first-order chi connectivity index (χ1) is 6.54. The van der Waals surface area contributed by atoms with Gasteiger partial charge in [-0.25, -0.2) is 13.2 Å². The molecular weight excluding hydrogens is 207 g/mol. The number of hydrogen-bond acceptors (Lipinski definition) is 1. The molecule has 6 heteroatoms. The van der Waals surface area contributed by atoms with Crippen molar-refractivity contribution >= 4 is 0 Å². The van der Waals surface area contributed by atoms with Crippen LogP contribution in [0.1, 0.15) is 5.56 Å². The Hall–Kier alpha value is -1.33. The molecule has 0 saturated carbocycles. The van der Waals surface area contributed by atoms with Gasteiger partial charge in [0.1, 0.15) is 12.5 Å². The Morgan fingerprint density at radius 1 is 1.14 bits per heavy atom. The van der Waals surface area contributed by atoms with Crippen molar-refractivity contribution in [2.45, 2.75) is 13.3 Å². The zero-order chi connectivity index (χ0) is 10.7. The molecule has 0 bridgehead atoms. The zero-order valence-electron chi connectivity index (χ0n) is 6.74. The van der Waals surface area contributed by atoms with Crippen LogP contribution in [0.3, 0.4) is 0 Å². The minimum Gasteiger partial charge on any atom is -0.432 e. The molecule has 0 saturated heterocycles. The molecule has 1 aromatic carbocycles. The van der Waals surface area contributed by atoms with Crippen molar-refractivity contribution in [2.24, 2.45) is 0 Å². The van der Waals surface area contributed by atoms with E-state index in [-0.39, 0.29) is 0 Å². The van der Waals surface area contributed by atoms with Crippen LogP contribution in [0.5, 0.6) is 5.75 Å². The Kier molecular flexibility index (Phi) is 3.27. The van der Waals surface area contributed by atoms with Gasteiger partial charge in [0.05, 0.1) is 0 Å². The summed E-state index contributed by atoms with van der Waals surface area (Å²) in [5.41, 5.74) is -0.526. The maximum Gasteiger partial charge on any atom is 0.387 e. The van der Waals surface area contributed by atoms with Gasteiger partial charge in [-0.05, 0) is 6.07 Å². The van der Waals surface area contributed by atoms with Crippen molar-refractivity contribution in [3.63, 3.8) is 0 Å². The van der Waals surface area contributed by atoms with Gasteiger partial charge in [-0.15, -0.1) is 0 Å². The van der Waals surface area contributed by atoms with Crippen molar-refractivity contribution in [1.82, 2.24) is 0 Å². The second-order valence-electron chi connectivity index (χ2n) is 2.39. The van der Waals surface area contributed by atoms with Gasteiger partial charge in [-0.1, -0.05) is 0 Å². The van der Waals surface area contributed by atoms with Gasteiger partial charge in [-0.3, -0.25) is 0 Å². The average Bonchev–Trinajstić information content (AvgIpc) is 2.09. The molecule has 0 aromatic heterocycles. The summed E-state index contributed by atoms with van der Waals surface area (Å²) < 4.78 is 64.4. The van der Waals surface area contributed by atoms with E-state index in [1.165, 1.54) is 0 Å². The molecule has 1 nitrogen and oxygen atoms in total. The number of ether oxygens (including phenoxy) is 1. The van der Waals surface area contributed by atoms with E-state index in [1.807, 2.05) is 0 Å². The highest BCUT2D eigenvalue weighted by molar-refractivity contribution is 5.31. The molecule has 0 unspecified atom stereocenters. The summed E-state index contributed by atoms with van der Waals surface area (Å²) in [6, 6.07) is 0.865. The maximum atomic E-state index is 12.7. The van der Waals surface area contributed by atoms with Gasteiger partial charge in [0.15, 0.2) is 11.6 Å². The molecule has 1 aromatic rings. The van der Waals surface area contributed by atoms with Crippen LogP contribution in [-0.4, -0.2) is 6.61 Å². The van der Waals surface area contributed by atoms with Crippen molar-refractivity contribution in [3.05, 3.63) is 29.3 Å². The Labute approximate surface area is 76.1 Å². The topological polar surface area (TPSA) is 9.23 Å². The maximum absolute atomic E-state index is 12.7. The number of hydrogen-bond donors (Lipinski definition) is 0. The smallest absolute Gasteiger partial charge is 0.387 e. The van der Waals surface area contributed by atoms with E-state index in [9.17, 15) is 22.0 Å². The third-order valence-corrected chi connectivity index (χ3v) is 1.46. The van der Waals surface area contributed by atoms with Crippen LogP contribution >= 0.6 is 0 Å². The van der Waals surface area contributed by atoms with Crippen molar-refractivity contribution in [1.29, 1.82) is 0 Å². The molecule has 78 valence electrons. The number of alkyl halides is 3. The molecule has 14 heavy (non-hydrogen) atoms. The first kappa shape index (κ1) is 10.7. The van der Waals surface area contributed by atoms with Crippen LogP contribution in [0.2, 0.25) is 0 Å². The minimum atomic E-state index is -3.23. The molecule has 0 spiro atoms. The van der Waals surface area contributed by atoms with Crippen LogP contribution in [0.15, 0.2) is 12.1 Å². The molecule has 0 N–H and O–H groups in total. The van der Waals surface area contributed by atoms with Gasteiger partial charge in [0.25, 0.3) is 0 Å². The summed E-state index contributed by atoms with van der Waals surface area (Å²) in [5, 5.41) is 0. The highest BCUT2D eigenvalue weighted by atomic mass is 19.3. The zero-order valence-corrected chi connectivity index (χ0v) is 6.74. The molecule has 0 aliphatic heterocycles. The van der Waals surface area contributed by atoms with E-state index in [1.54, 1.807) is 0 Å². The predicted octanol–water partition coefficient (Wildman–Crippen LogP) is 3.04. The fourth-order valence-electron chi connectivity index (χ4n) is 0.860. The molecule has 0 atom stereocenters. The van der Waals surface area contributed by atoms with Crippen molar-refractivity contribution < 1.29 is 26.7 Å². The Bertz CT molecular complexity index is 326. The predicted molar refractivity (Wildman–Crippen MR) is 37.8 cm³/mol. The molecule has 0 fully saturated rings. The first-order valence-electron chi connectivity index (χ1n) is 3.53. The SMILES string of the molecule is FCc1cc(OC(F)F)c(F)cc1F. The summed E-state index contributed by atoms with van der Waals surface area (Å²) >= 11 is 0. The van der Waals surface area contributed by atoms with E-state index in [0.29, 0.717) is 12.1 Å². The van der Waals surface area contributed by atoms with Gasteiger partial charge in [0.2, 0.25) is 0 Å². The first-order valence-corrected chi connectivity index (χ1v) is 3.53. The normalized spacial score (nSPS) is 10.7. The molecule has 0 heterocycles. The van der Waals surface area contributed by atoms with Crippen LogP contribution < -0.4 is 4.74 Å². The lowest BCUT2D eigenvalue weighted by molar-refractivity contribution is -0.0523. The van der Waals surface area contributed by atoms with Crippen molar-refractivity contribution in [3.8, 4) is 5.75 Å².